The number of ether oxygens (including phenoxy) is 2. The quantitative estimate of drug-likeness (QED) is 0.271. The number of hydrogen-bond donors (Lipinski definition) is 1. The fourth-order valence-corrected chi connectivity index (χ4v) is 4.93. The molecule has 3 aromatic carbocycles. The normalized spacial score (nSPS) is 14.4. The summed E-state index contributed by atoms with van der Waals surface area (Å²) in [5.74, 6) is 0.411. The molecule has 0 bridgehead atoms. The van der Waals surface area contributed by atoms with Gasteiger partial charge in [0, 0.05) is 10.2 Å². The number of hydrogen-bond acceptors (Lipinski definition) is 6. The van der Waals surface area contributed by atoms with Gasteiger partial charge in [-0.1, -0.05) is 64.2 Å². The first-order valence-corrected chi connectivity index (χ1v) is 12.6. The molecule has 1 heterocycles. The third kappa shape index (κ3) is 5.93. The van der Waals surface area contributed by atoms with E-state index in [9.17, 15) is 9.59 Å². The Balaban J connectivity index is 1.45. The molecule has 1 aliphatic heterocycles. The van der Waals surface area contributed by atoms with Crippen LogP contribution in [0.1, 0.15) is 11.1 Å². The van der Waals surface area contributed by atoms with Crippen LogP contribution >= 0.6 is 39.9 Å². The second-order valence-electron chi connectivity index (χ2n) is 7.56. The van der Waals surface area contributed by atoms with Crippen LogP contribution in [0.5, 0.6) is 11.5 Å². The number of carbonyl (C=O) groups is 2. The highest BCUT2D eigenvalue weighted by Gasteiger charge is 2.33. The summed E-state index contributed by atoms with van der Waals surface area (Å²) < 4.78 is 12.5. The third-order valence-corrected chi connectivity index (χ3v) is 6.97. The van der Waals surface area contributed by atoms with Crippen LogP contribution in [0, 0.1) is 6.92 Å². The number of anilines is 2. The Labute approximate surface area is 221 Å². The number of carbonyl (C=O) groups excluding carboxylic acids is 2. The number of amides is 2. The molecule has 1 saturated heterocycles. The lowest BCUT2D eigenvalue weighted by molar-refractivity contribution is -0.118. The summed E-state index contributed by atoms with van der Waals surface area (Å²) in [6.07, 6.45) is 1.76. The highest BCUT2D eigenvalue weighted by Crippen LogP contribution is 2.37. The smallest absolute Gasteiger partial charge is 0.270 e. The van der Waals surface area contributed by atoms with Gasteiger partial charge in [0.1, 0.15) is 0 Å². The number of methoxy groups -OCH3 is 1. The predicted molar refractivity (Wildman–Crippen MR) is 148 cm³/mol. The Hall–Kier alpha value is -3.14. The molecule has 0 aromatic heterocycles. The van der Waals surface area contributed by atoms with Crippen LogP contribution in [-0.4, -0.2) is 29.9 Å². The van der Waals surface area contributed by atoms with Crippen molar-refractivity contribution in [3.8, 4) is 11.5 Å². The summed E-state index contributed by atoms with van der Waals surface area (Å²) in [6, 6.07) is 20.2. The maximum absolute atomic E-state index is 13.0. The zero-order chi connectivity index (χ0) is 24.9. The lowest BCUT2D eigenvalue weighted by Gasteiger charge is -2.14. The first-order valence-electron chi connectivity index (χ1n) is 10.6. The van der Waals surface area contributed by atoms with Gasteiger partial charge in [-0.15, -0.1) is 0 Å². The molecular weight excluding hydrogens is 548 g/mol. The van der Waals surface area contributed by atoms with Crippen molar-refractivity contribution in [2.75, 3.05) is 23.9 Å². The number of rotatable bonds is 7. The van der Waals surface area contributed by atoms with Gasteiger partial charge in [0.05, 0.1) is 17.7 Å². The molecule has 35 heavy (non-hydrogen) atoms. The Morgan fingerprint density at radius 3 is 2.57 bits per heavy atom. The Bertz CT molecular complexity index is 1330. The van der Waals surface area contributed by atoms with Crippen LogP contribution in [0.25, 0.3) is 6.08 Å². The van der Waals surface area contributed by atoms with E-state index < -0.39 is 0 Å². The van der Waals surface area contributed by atoms with Crippen LogP contribution in [0.3, 0.4) is 0 Å². The van der Waals surface area contributed by atoms with E-state index in [1.165, 1.54) is 23.8 Å². The zero-order valence-electron chi connectivity index (χ0n) is 18.9. The minimum atomic E-state index is -0.276. The minimum Gasteiger partial charge on any atom is -0.493 e. The molecule has 0 aliphatic carbocycles. The molecule has 0 saturated carbocycles. The maximum atomic E-state index is 13.0. The average Bonchev–Trinajstić information content (AvgIpc) is 3.12. The summed E-state index contributed by atoms with van der Waals surface area (Å²) in [7, 11) is 1.52. The lowest BCUT2D eigenvalue weighted by Crippen LogP contribution is -2.27. The molecule has 1 aliphatic rings. The first-order chi connectivity index (χ1) is 16.9. The number of benzene rings is 3. The molecule has 0 spiro atoms. The van der Waals surface area contributed by atoms with Crippen LogP contribution in [0.2, 0.25) is 0 Å². The maximum Gasteiger partial charge on any atom is 0.270 e. The molecule has 1 fully saturated rings. The van der Waals surface area contributed by atoms with Gasteiger partial charge < -0.3 is 14.8 Å². The Morgan fingerprint density at radius 1 is 1.11 bits per heavy atom. The van der Waals surface area contributed by atoms with Gasteiger partial charge in [0.15, 0.2) is 22.4 Å². The van der Waals surface area contributed by atoms with Gasteiger partial charge in [-0.05, 0) is 66.6 Å². The van der Waals surface area contributed by atoms with Crippen LogP contribution in [0.15, 0.2) is 76.1 Å². The van der Waals surface area contributed by atoms with Crippen molar-refractivity contribution < 1.29 is 19.1 Å². The molecular formula is C26H21BrN2O4S2. The Kier molecular flexibility index (Phi) is 7.90. The van der Waals surface area contributed by atoms with Gasteiger partial charge in [-0.3, -0.25) is 14.5 Å². The van der Waals surface area contributed by atoms with Crippen molar-refractivity contribution in [2.24, 2.45) is 0 Å². The number of nitrogens with one attached hydrogen (secondary N) is 1. The van der Waals surface area contributed by atoms with Crippen molar-refractivity contribution in [3.05, 3.63) is 87.2 Å². The highest BCUT2D eigenvalue weighted by atomic mass is 79.9. The average molecular weight is 570 g/mol. The number of para-hydroxylation sites is 1. The third-order valence-electron chi connectivity index (χ3n) is 5.14. The number of thioether (sulfide) groups is 1. The van der Waals surface area contributed by atoms with Gasteiger partial charge >= 0.3 is 0 Å². The van der Waals surface area contributed by atoms with E-state index >= 15 is 0 Å². The molecule has 9 heteroatoms. The van der Waals surface area contributed by atoms with Crippen LogP contribution in [0.4, 0.5) is 11.4 Å². The molecule has 4 rings (SSSR count). The second kappa shape index (κ2) is 11.1. The summed E-state index contributed by atoms with van der Waals surface area (Å²) in [5.41, 5.74) is 3.16. The topological polar surface area (TPSA) is 67.9 Å². The van der Waals surface area contributed by atoms with Gasteiger partial charge in [-0.2, -0.15) is 0 Å². The second-order valence-corrected chi connectivity index (χ2v) is 10.1. The number of nitrogens with zero attached hydrogens (tertiary/aromatic N) is 1. The largest absolute Gasteiger partial charge is 0.493 e. The van der Waals surface area contributed by atoms with E-state index in [0.717, 1.165) is 21.3 Å². The van der Waals surface area contributed by atoms with E-state index in [1.54, 1.807) is 24.3 Å². The van der Waals surface area contributed by atoms with Crippen molar-refractivity contribution in [3.63, 3.8) is 0 Å². The van der Waals surface area contributed by atoms with Crippen molar-refractivity contribution in [2.45, 2.75) is 6.92 Å². The zero-order valence-corrected chi connectivity index (χ0v) is 22.1. The molecule has 1 N–H and O–H groups in total. The molecule has 0 radical (unpaired) electrons. The molecule has 178 valence electrons. The van der Waals surface area contributed by atoms with E-state index in [2.05, 4.69) is 21.2 Å². The molecule has 2 amide bonds. The predicted octanol–water partition coefficient (Wildman–Crippen LogP) is 6.19. The van der Waals surface area contributed by atoms with Gasteiger partial charge in [0.25, 0.3) is 11.8 Å². The summed E-state index contributed by atoms with van der Waals surface area (Å²) in [5, 5.41) is 2.83. The van der Waals surface area contributed by atoms with Crippen molar-refractivity contribution in [1.29, 1.82) is 0 Å². The first kappa shape index (κ1) is 25.0. The molecule has 3 aromatic rings. The van der Waals surface area contributed by atoms with Crippen molar-refractivity contribution in [1.82, 2.24) is 0 Å². The monoisotopic (exact) mass is 568 g/mol. The van der Waals surface area contributed by atoms with E-state index in [0.29, 0.717) is 26.4 Å². The van der Waals surface area contributed by atoms with Crippen LogP contribution in [-0.2, 0) is 9.59 Å². The lowest BCUT2D eigenvalue weighted by atomic mass is 10.1. The SMILES string of the molecule is COc1cc(/C=C2\SC(=S)N(c3ccc(Br)cc3)C2=O)ccc1OCC(=O)Nc1ccccc1C. The van der Waals surface area contributed by atoms with E-state index in [1.807, 2.05) is 55.5 Å². The highest BCUT2D eigenvalue weighted by molar-refractivity contribution is 9.10. The molecule has 0 atom stereocenters. The van der Waals surface area contributed by atoms with E-state index in [4.69, 9.17) is 21.7 Å². The number of thiocarbonyl (C=S) groups is 1. The van der Waals surface area contributed by atoms with Gasteiger partial charge in [-0.25, -0.2) is 0 Å². The standard InChI is InChI=1S/C26H21BrN2O4S2/c1-16-5-3-4-6-20(16)28-24(30)15-33-21-12-7-17(13-22(21)32-2)14-23-25(31)29(26(34)35-23)19-10-8-18(27)9-11-19/h3-14H,15H2,1-2H3,(H,28,30)/b23-14-. The fourth-order valence-electron chi connectivity index (χ4n) is 3.37. The molecule has 6 nitrogen and oxygen atoms in total. The van der Waals surface area contributed by atoms with Gasteiger partial charge in [0.2, 0.25) is 0 Å². The fraction of sp³-hybridized carbons (Fsp3) is 0.115. The summed E-state index contributed by atoms with van der Waals surface area (Å²) in [4.78, 5) is 27.4. The molecule has 0 unspecified atom stereocenters. The summed E-state index contributed by atoms with van der Waals surface area (Å²) in [6.45, 7) is 1.75. The number of aryl methyl sites for hydroxylation is 1. The minimum absolute atomic E-state index is 0.171. The summed E-state index contributed by atoms with van der Waals surface area (Å²) >= 11 is 10.1. The van der Waals surface area contributed by atoms with E-state index in [-0.39, 0.29) is 18.4 Å². The van der Waals surface area contributed by atoms with Crippen LogP contribution < -0.4 is 19.7 Å². The Morgan fingerprint density at radius 2 is 1.86 bits per heavy atom. The van der Waals surface area contributed by atoms with Crippen molar-refractivity contribution >= 4 is 73.5 Å². The number of halogens is 1.